The van der Waals surface area contributed by atoms with Crippen molar-refractivity contribution in [3.63, 3.8) is 0 Å². The van der Waals surface area contributed by atoms with Gasteiger partial charge in [0.15, 0.2) is 0 Å². The van der Waals surface area contributed by atoms with Crippen molar-refractivity contribution >= 4 is 15.6 Å². The Bertz CT molecular complexity index is 1250. The fourth-order valence-corrected chi connectivity index (χ4v) is 5.33. The van der Waals surface area contributed by atoms with Gasteiger partial charge in [0.2, 0.25) is 5.82 Å². The lowest BCUT2D eigenvalue weighted by atomic mass is 9.74. The van der Waals surface area contributed by atoms with E-state index in [4.69, 9.17) is 9.51 Å². The molecule has 176 valence electrons. The van der Waals surface area contributed by atoms with Gasteiger partial charge >= 0.3 is 0 Å². The normalized spacial score (nSPS) is 16.9. The molecular formula is C26H34N4O2S. The highest BCUT2D eigenvalue weighted by atomic mass is 32.2. The van der Waals surface area contributed by atoms with Crippen molar-refractivity contribution in [2.45, 2.75) is 59.8 Å². The summed E-state index contributed by atoms with van der Waals surface area (Å²) in [4.78, 5) is 9.20. The summed E-state index contributed by atoms with van der Waals surface area (Å²) in [6, 6.07) is 4.24. The van der Waals surface area contributed by atoms with Crippen LogP contribution in [0.3, 0.4) is 0 Å². The van der Waals surface area contributed by atoms with Crippen LogP contribution < -0.4 is 4.72 Å². The molecule has 0 amide bonds. The van der Waals surface area contributed by atoms with Crippen molar-refractivity contribution in [3.05, 3.63) is 52.3 Å². The molecule has 3 aromatic rings. The molecule has 33 heavy (non-hydrogen) atoms. The Kier molecular flexibility index (Phi) is 6.47. The van der Waals surface area contributed by atoms with Gasteiger partial charge in [-0.1, -0.05) is 19.0 Å². The maximum atomic E-state index is 11.7. The summed E-state index contributed by atoms with van der Waals surface area (Å²) in [6.07, 6.45) is 10.4. The molecule has 1 unspecified atom stereocenters. The standard InChI is InChI=1S/C26H34N4O2S/c1-17-12-19(13-18(2)21(17)8-7-11-28-33(5,6)31)24-29-25(32-30-24)23-16-27-15-20-14-26(3,4)10-9-22(20)23/h12-13,15-16H,5,7-11,14H2,1-4,6H3,(H,28,31). The minimum atomic E-state index is -2.16. The molecule has 1 aliphatic carbocycles. The fourth-order valence-electron chi connectivity index (χ4n) is 4.75. The number of rotatable bonds is 7. The largest absolute Gasteiger partial charge is 0.334 e. The average molecular weight is 467 g/mol. The van der Waals surface area contributed by atoms with Gasteiger partial charge in [0, 0.05) is 40.5 Å². The van der Waals surface area contributed by atoms with E-state index < -0.39 is 9.71 Å². The maximum Gasteiger partial charge on any atom is 0.260 e. The number of nitrogens with zero attached hydrogens (tertiary/aromatic N) is 3. The molecule has 1 aliphatic rings. The van der Waals surface area contributed by atoms with E-state index in [1.165, 1.54) is 27.8 Å². The maximum absolute atomic E-state index is 11.7. The SMILES string of the molecule is C=S(C)(=O)NCCCc1c(C)cc(-c2noc(-c3cncc4c3CCC(C)(C)C4)n2)cc1C. The monoisotopic (exact) mass is 466 g/mol. The van der Waals surface area contributed by atoms with E-state index >= 15 is 0 Å². The first-order valence-corrected chi connectivity index (χ1v) is 13.6. The van der Waals surface area contributed by atoms with Gasteiger partial charge in [-0.25, -0.2) is 4.72 Å². The van der Waals surface area contributed by atoms with Crippen LogP contribution in [0, 0.1) is 19.3 Å². The molecule has 0 saturated carbocycles. The van der Waals surface area contributed by atoms with E-state index in [0.717, 1.165) is 43.2 Å². The van der Waals surface area contributed by atoms with Gasteiger partial charge in [-0.3, -0.25) is 9.19 Å². The zero-order chi connectivity index (χ0) is 23.8. The summed E-state index contributed by atoms with van der Waals surface area (Å²) in [5, 5.41) is 4.29. The summed E-state index contributed by atoms with van der Waals surface area (Å²) in [7, 11) is -2.16. The molecule has 4 rings (SSSR count). The van der Waals surface area contributed by atoms with Gasteiger partial charge in [-0.2, -0.15) is 4.98 Å². The Morgan fingerprint density at radius 3 is 2.64 bits per heavy atom. The Morgan fingerprint density at radius 2 is 1.94 bits per heavy atom. The zero-order valence-corrected chi connectivity index (χ0v) is 21.1. The number of nitrogens with one attached hydrogen (secondary N) is 1. The summed E-state index contributed by atoms with van der Waals surface area (Å²) < 4.78 is 20.4. The highest BCUT2D eigenvalue weighted by molar-refractivity contribution is 7.97. The third-order valence-corrected chi connectivity index (χ3v) is 7.30. The van der Waals surface area contributed by atoms with E-state index in [2.05, 4.69) is 60.6 Å². The van der Waals surface area contributed by atoms with Crippen molar-refractivity contribution in [2.75, 3.05) is 12.8 Å². The van der Waals surface area contributed by atoms with Crippen LogP contribution in [0.4, 0.5) is 0 Å². The molecule has 1 atom stereocenters. The van der Waals surface area contributed by atoms with Gasteiger partial charge in [0.25, 0.3) is 5.89 Å². The summed E-state index contributed by atoms with van der Waals surface area (Å²) >= 11 is 0. The molecule has 2 aromatic heterocycles. The number of hydrogen-bond acceptors (Lipinski definition) is 5. The van der Waals surface area contributed by atoms with Crippen molar-refractivity contribution in [1.82, 2.24) is 19.8 Å². The van der Waals surface area contributed by atoms with Gasteiger partial charge < -0.3 is 4.52 Å². The van der Waals surface area contributed by atoms with Crippen LogP contribution >= 0.6 is 0 Å². The molecule has 0 fully saturated rings. The van der Waals surface area contributed by atoms with Crippen molar-refractivity contribution in [1.29, 1.82) is 0 Å². The molecule has 1 aromatic carbocycles. The lowest BCUT2D eigenvalue weighted by molar-refractivity contribution is 0.314. The molecule has 0 saturated heterocycles. The first-order chi connectivity index (χ1) is 15.5. The zero-order valence-electron chi connectivity index (χ0n) is 20.3. The summed E-state index contributed by atoms with van der Waals surface area (Å²) in [5.74, 6) is 4.77. The number of fused-ring (bicyclic) bond motifs is 1. The lowest BCUT2D eigenvalue weighted by Gasteiger charge is -2.31. The quantitative estimate of drug-likeness (QED) is 0.403. The highest BCUT2D eigenvalue weighted by Crippen LogP contribution is 2.38. The smallest absolute Gasteiger partial charge is 0.260 e. The van der Waals surface area contributed by atoms with Crippen LogP contribution in [-0.4, -0.2) is 38.0 Å². The van der Waals surface area contributed by atoms with Crippen LogP contribution in [0.5, 0.6) is 0 Å². The number of pyridine rings is 1. The second-order valence-corrected chi connectivity index (χ2v) is 12.5. The topological polar surface area (TPSA) is 80.9 Å². The molecule has 0 spiro atoms. The third-order valence-electron chi connectivity index (χ3n) is 6.49. The lowest BCUT2D eigenvalue weighted by Crippen LogP contribution is -2.23. The van der Waals surface area contributed by atoms with Gasteiger partial charge in [0.05, 0.1) is 5.56 Å². The molecular weight excluding hydrogens is 432 g/mol. The minimum absolute atomic E-state index is 0.295. The van der Waals surface area contributed by atoms with Crippen LogP contribution in [0.15, 0.2) is 29.0 Å². The minimum Gasteiger partial charge on any atom is -0.334 e. The number of hydrogen-bond donors (Lipinski definition) is 1. The Morgan fingerprint density at radius 1 is 1.21 bits per heavy atom. The molecule has 7 heteroatoms. The Labute approximate surface area is 197 Å². The molecule has 1 N–H and O–H groups in total. The molecule has 0 radical (unpaired) electrons. The van der Waals surface area contributed by atoms with Crippen molar-refractivity contribution < 1.29 is 8.73 Å². The second-order valence-electron chi connectivity index (χ2n) is 10.2. The molecule has 2 heterocycles. The second kappa shape index (κ2) is 9.03. The predicted octanol–water partition coefficient (Wildman–Crippen LogP) is 4.71. The van der Waals surface area contributed by atoms with Crippen LogP contribution in [0.25, 0.3) is 22.8 Å². The molecule has 0 bridgehead atoms. The molecule has 6 nitrogen and oxygen atoms in total. The molecule has 0 aliphatic heterocycles. The third kappa shape index (κ3) is 5.53. The van der Waals surface area contributed by atoms with Crippen LogP contribution in [0.1, 0.15) is 54.5 Å². The number of aryl methyl sites for hydroxylation is 2. The number of aromatic nitrogens is 3. The van der Waals surface area contributed by atoms with Gasteiger partial charge in [-0.05, 0) is 97.2 Å². The highest BCUT2D eigenvalue weighted by Gasteiger charge is 2.28. The summed E-state index contributed by atoms with van der Waals surface area (Å²) in [5.41, 5.74) is 8.48. The summed E-state index contributed by atoms with van der Waals surface area (Å²) in [6.45, 7) is 9.52. The van der Waals surface area contributed by atoms with E-state index in [1.54, 1.807) is 6.26 Å². The number of benzene rings is 1. The Hall–Kier alpha value is -2.51. The van der Waals surface area contributed by atoms with Crippen LogP contribution in [-0.2, 0) is 29.0 Å². The van der Waals surface area contributed by atoms with Crippen molar-refractivity contribution in [3.8, 4) is 22.8 Å². The van der Waals surface area contributed by atoms with E-state index in [1.807, 2.05) is 12.4 Å². The Balaban J connectivity index is 1.55. The van der Waals surface area contributed by atoms with Crippen LogP contribution in [0.2, 0.25) is 0 Å². The van der Waals surface area contributed by atoms with E-state index in [9.17, 15) is 4.21 Å². The average Bonchev–Trinajstić information content (AvgIpc) is 3.20. The van der Waals surface area contributed by atoms with Gasteiger partial charge in [-0.15, -0.1) is 0 Å². The van der Waals surface area contributed by atoms with E-state index in [0.29, 0.717) is 23.7 Å². The first-order valence-electron chi connectivity index (χ1n) is 11.5. The first kappa shape index (κ1) is 23.6. The van der Waals surface area contributed by atoms with E-state index in [-0.39, 0.29) is 0 Å². The predicted molar refractivity (Wildman–Crippen MR) is 136 cm³/mol. The fraction of sp³-hybridized carbons (Fsp3) is 0.462. The van der Waals surface area contributed by atoms with Crippen molar-refractivity contribution in [2.24, 2.45) is 5.41 Å². The van der Waals surface area contributed by atoms with Gasteiger partial charge in [0.1, 0.15) is 0 Å².